The second kappa shape index (κ2) is 9.41. The molecule has 0 bridgehead atoms. The standard InChI is InChI=1S/C28H37FN4O4S/c1-26(2,18-34)31-22-6-4-5-21(24(22)29)30-25(35)20-8-7-19(32-38(36,37)27(3)9-10-27)17-23(20)33-15-13-28(11-12-28)14-16-33/h4-8,17,31-32,34H,9-16,18H2,1-3H3,(H,30,35). The van der Waals surface area contributed by atoms with Crippen LogP contribution in [0.1, 0.15) is 69.7 Å². The van der Waals surface area contributed by atoms with Crippen LogP contribution in [0.2, 0.25) is 0 Å². The van der Waals surface area contributed by atoms with E-state index in [-0.39, 0.29) is 18.0 Å². The highest BCUT2D eigenvalue weighted by Gasteiger charge is 2.50. The van der Waals surface area contributed by atoms with Gasteiger partial charge in [-0.25, -0.2) is 12.8 Å². The molecule has 1 aliphatic heterocycles. The summed E-state index contributed by atoms with van der Waals surface area (Å²) >= 11 is 0. The quantitative estimate of drug-likeness (QED) is 0.356. The van der Waals surface area contributed by atoms with E-state index in [0.717, 1.165) is 25.9 Å². The van der Waals surface area contributed by atoms with E-state index in [4.69, 9.17) is 0 Å². The van der Waals surface area contributed by atoms with Crippen molar-refractivity contribution in [3.05, 3.63) is 47.8 Å². The van der Waals surface area contributed by atoms with Crippen LogP contribution in [0.4, 0.5) is 27.1 Å². The Morgan fingerprint density at radius 1 is 1.05 bits per heavy atom. The molecule has 8 nitrogen and oxygen atoms in total. The Morgan fingerprint density at radius 2 is 1.71 bits per heavy atom. The third kappa shape index (κ3) is 5.33. The predicted octanol–water partition coefficient (Wildman–Crippen LogP) is 4.94. The second-order valence-electron chi connectivity index (χ2n) is 12.1. The molecule has 2 aliphatic carbocycles. The van der Waals surface area contributed by atoms with Gasteiger partial charge in [0, 0.05) is 13.1 Å². The highest BCUT2D eigenvalue weighted by atomic mass is 32.2. The zero-order chi connectivity index (χ0) is 27.3. The smallest absolute Gasteiger partial charge is 0.257 e. The van der Waals surface area contributed by atoms with Crippen molar-refractivity contribution in [3.8, 4) is 0 Å². The zero-order valence-electron chi connectivity index (χ0n) is 22.2. The Hall–Kier alpha value is -2.85. The van der Waals surface area contributed by atoms with Crippen molar-refractivity contribution in [1.82, 2.24) is 0 Å². The van der Waals surface area contributed by atoms with Gasteiger partial charge in [0.15, 0.2) is 5.82 Å². The highest BCUT2D eigenvalue weighted by Crippen LogP contribution is 2.54. The van der Waals surface area contributed by atoms with E-state index in [1.807, 2.05) is 0 Å². The summed E-state index contributed by atoms with van der Waals surface area (Å²) in [6.45, 7) is 6.58. The number of amides is 1. The fraction of sp³-hybridized carbons (Fsp3) is 0.536. The monoisotopic (exact) mass is 544 g/mol. The summed E-state index contributed by atoms with van der Waals surface area (Å²) in [6.07, 6.45) is 5.79. The van der Waals surface area contributed by atoms with Crippen LogP contribution < -0.4 is 20.3 Å². The average Bonchev–Trinajstić information content (AvgIpc) is 3.80. The predicted molar refractivity (Wildman–Crippen MR) is 149 cm³/mol. The maximum Gasteiger partial charge on any atom is 0.257 e. The van der Waals surface area contributed by atoms with Crippen molar-refractivity contribution in [2.24, 2.45) is 5.41 Å². The van der Waals surface area contributed by atoms with Gasteiger partial charge in [-0.05, 0) is 95.0 Å². The van der Waals surface area contributed by atoms with Gasteiger partial charge in [-0.1, -0.05) is 6.07 Å². The van der Waals surface area contributed by atoms with E-state index >= 15 is 4.39 Å². The van der Waals surface area contributed by atoms with E-state index in [9.17, 15) is 18.3 Å². The van der Waals surface area contributed by atoms with Crippen molar-refractivity contribution >= 4 is 38.7 Å². The molecule has 1 amide bonds. The van der Waals surface area contributed by atoms with Gasteiger partial charge in [0.2, 0.25) is 10.0 Å². The number of sulfonamides is 1. The lowest BCUT2D eigenvalue weighted by atomic mass is 9.93. The van der Waals surface area contributed by atoms with Gasteiger partial charge in [0.1, 0.15) is 0 Å². The van der Waals surface area contributed by atoms with Crippen LogP contribution in [-0.2, 0) is 10.0 Å². The molecule has 4 N–H and O–H groups in total. The first-order valence-electron chi connectivity index (χ1n) is 13.3. The molecule has 1 spiro atoms. The van der Waals surface area contributed by atoms with E-state index in [2.05, 4.69) is 20.3 Å². The molecule has 3 aliphatic rings. The molecule has 1 heterocycles. The molecule has 0 aromatic heterocycles. The first-order valence-corrected chi connectivity index (χ1v) is 14.7. The van der Waals surface area contributed by atoms with E-state index in [1.54, 1.807) is 51.1 Å². The molecule has 2 aromatic carbocycles. The van der Waals surface area contributed by atoms with Crippen LogP contribution in [0.15, 0.2) is 36.4 Å². The molecular weight excluding hydrogens is 507 g/mol. The number of carbonyl (C=O) groups is 1. The Bertz CT molecular complexity index is 1340. The molecule has 206 valence electrons. The maximum absolute atomic E-state index is 15.3. The molecule has 0 atom stereocenters. The molecule has 10 heteroatoms. The number of nitrogens with zero attached hydrogens (tertiary/aromatic N) is 1. The van der Waals surface area contributed by atoms with E-state index in [1.165, 1.54) is 18.9 Å². The molecule has 38 heavy (non-hydrogen) atoms. The maximum atomic E-state index is 15.3. The Kier molecular flexibility index (Phi) is 6.62. The number of halogens is 1. The van der Waals surface area contributed by atoms with E-state index < -0.39 is 32.0 Å². The number of rotatable bonds is 9. The van der Waals surface area contributed by atoms with Gasteiger partial charge in [-0.2, -0.15) is 0 Å². The van der Waals surface area contributed by atoms with Crippen molar-refractivity contribution < 1.29 is 22.7 Å². The largest absolute Gasteiger partial charge is 0.394 e. The Morgan fingerprint density at radius 3 is 2.32 bits per heavy atom. The molecule has 2 aromatic rings. The average molecular weight is 545 g/mol. The molecular formula is C28H37FN4O4S. The van der Waals surface area contributed by atoms with Gasteiger partial charge in [0.05, 0.1) is 45.2 Å². The van der Waals surface area contributed by atoms with Crippen LogP contribution in [0.5, 0.6) is 0 Å². The first-order chi connectivity index (χ1) is 17.9. The lowest BCUT2D eigenvalue weighted by molar-refractivity contribution is 0.102. The van der Waals surface area contributed by atoms with Crippen LogP contribution in [-0.4, -0.2) is 49.4 Å². The zero-order valence-corrected chi connectivity index (χ0v) is 23.0. The lowest BCUT2D eigenvalue weighted by Gasteiger charge is -2.35. The fourth-order valence-electron chi connectivity index (χ4n) is 4.99. The number of aliphatic hydroxyl groups excluding tert-OH is 1. The number of hydrogen-bond donors (Lipinski definition) is 4. The third-order valence-electron chi connectivity index (χ3n) is 8.33. The Balaban J connectivity index is 1.42. The van der Waals surface area contributed by atoms with Crippen LogP contribution in [0.25, 0.3) is 0 Å². The van der Waals surface area contributed by atoms with Crippen molar-refractivity contribution in [3.63, 3.8) is 0 Å². The van der Waals surface area contributed by atoms with Crippen LogP contribution in [0.3, 0.4) is 0 Å². The van der Waals surface area contributed by atoms with Gasteiger partial charge in [-0.3, -0.25) is 9.52 Å². The summed E-state index contributed by atoms with van der Waals surface area (Å²) in [6, 6.07) is 9.59. The van der Waals surface area contributed by atoms with Crippen molar-refractivity contribution in [1.29, 1.82) is 0 Å². The summed E-state index contributed by atoms with van der Waals surface area (Å²) in [5, 5.41) is 15.2. The fourth-order valence-corrected chi connectivity index (χ4v) is 6.31. The van der Waals surface area contributed by atoms with Gasteiger partial charge >= 0.3 is 0 Å². The summed E-state index contributed by atoms with van der Waals surface area (Å²) in [7, 11) is -3.55. The van der Waals surface area contributed by atoms with E-state index in [0.29, 0.717) is 35.2 Å². The topological polar surface area (TPSA) is 111 Å². The number of aliphatic hydroxyl groups is 1. The number of carbonyl (C=O) groups excluding carboxylic acids is 1. The summed E-state index contributed by atoms with van der Waals surface area (Å²) < 4.78 is 42.9. The molecule has 5 rings (SSSR count). The van der Waals surface area contributed by atoms with Gasteiger partial charge < -0.3 is 20.6 Å². The minimum absolute atomic E-state index is 0.0155. The van der Waals surface area contributed by atoms with Crippen LogP contribution in [0, 0.1) is 11.2 Å². The molecule has 3 fully saturated rings. The highest BCUT2D eigenvalue weighted by molar-refractivity contribution is 7.94. The minimum Gasteiger partial charge on any atom is -0.394 e. The van der Waals surface area contributed by atoms with Gasteiger partial charge in [-0.15, -0.1) is 0 Å². The van der Waals surface area contributed by atoms with Gasteiger partial charge in [0.25, 0.3) is 5.91 Å². The molecule has 2 saturated carbocycles. The number of benzene rings is 2. The van der Waals surface area contributed by atoms with Crippen LogP contribution >= 0.6 is 0 Å². The molecule has 0 unspecified atom stereocenters. The first kappa shape index (κ1) is 26.7. The molecule has 1 saturated heterocycles. The summed E-state index contributed by atoms with van der Waals surface area (Å²) in [5.74, 6) is -1.10. The molecule has 0 radical (unpaired) electrons. The lowest BCUT2D eigenvalue weighted by Crippen LogP contribution is -2.36. The number of anilines is 4. The number of piperidine rings is 1. The minimum atomic E-state index is -3.55. The van der Waals surface area contributed by atoms with Crippen molar-refractivity contribution in [2.45, 2.75) is 69.6 Å². The summed E-state index contributed by atoms with van der Waals surface area (Å²) in [4.78, 5) is 15.6. The normalized spacial score (nSPS) is 19.7. The summed E-state index contributed by atoms with van der Waals surface area (Å²) in [5.41, 5.74) is 1.27. The Labute approximate surface area is 224 Å². The second-order valence-corrected chi connectivity index (χ2v) is 14.3. The number of nitrogens with one attached hydrogen (secondary N) is 3. The third-order valence-corrected chi connectivity index (χ3v) is 10.5. The van der Waals surface area contributed by atoms with Crippen molar-refractivity contribution in [2.75, 3.05) is 40.0 Å². The number of hydrogen-bond acceptors (Lipinski definition) is 6. The SMILES string of the molecule is CC(C)(CO)Nc1cccc(NC(=O)c2ccc(NS(=O)(=O)C3(C)CC3)cc2N2CCC3(CC2)CC3)c1F.